The van der Waals surface area contributed by atoms with E-state index in [-0.39, 0.29) is 0 Å². The smallest absolute Gasteiger partial charge is 0.222 e. The van der Waals surface area contributed by atoms with Crippen molar-refractivity contribution in [2.24, 2.45) is 17.8 Å². The number of amides is 1. The molecule has 2 rings (SSSR count). The number of rotatable bonds is 4. The van der Waals surface area contributed by atoms with Gasteiger partial charge in [-0.3, -0.25) is 4.79 Å². The van der Waals surface area contributed by atoms with Gasteiger partial charge in [0.25, 0.3) is 0 Å². The Morgan fingerprint density at radius 2 is 2.21 bits per heavy atom. The minimum atomic E-state index is 0.399. The second kappa shape index (κ2) is 7.28. The predicted molar refractivity (Wildman–Crippen MR) is 79.0 cm³/mol. The summed E-state index contributed by atoms with van der Waals surface area (Å²) in [5.74, 6) is 2.37. The molecule has 3 heteroatoms. The summed E-state index contributed by atoms with van der Waals surface area (Å²) >= 11 is 0. The van der Waals surface area contributed by atoms with E-state index in [1.807, 2.05) is 0 Å². The average Bonchev–Trinajstić information content (AvgIpc) is 2.48. The number of hydrogen-bond acceptors (Lipinski definition) is 2. The van der Waals surface area contributed by atoms with Crippen molar-refractivity contribution in [3.63, 3.8) is 0 Å². The first kappa shape index (κ1) is 14.8. The molecular formula is C16H30N2O. The average molecular weight is 266 g/mol. The summed E-state index contributed by atoms with van der Waals surface area (Å²) in [7, 11) is 0. The van der Waals surface area contributed by atoms with Gasteiger partial charge in [-0.05, 0) is 56.5 Å². The number of carbonyl (C=O) groups excluding carboxylic acids is 1. The Morgan fingerprint density at radius 3 is 2.89 bits per heavy atom. The van der Waals surface area contributed by atoms with Crippen molar-refractivity contribution in [1.29, 1.82) is 0 Å². The third-order valence-electron chi connectivity index (χ3n) is 5.09. The molecule has 2 fully saturated rings. The molecule has 3 nitrogen and oxygen atoms in total. The van der Waals surface area contributed by atoms with Crippen molar-refractivity contribution < 1.29 is 4.79 Å². The largest absolute Gasteiger partial charge is 0.342 e. The van der Waals surface area contributed by atoms with Crippen LogP contribution < -0.4 is 5.32 Å². The fourth-order valence-corrected chi connectivity index (χ4v) is 3.56. The van der Waals surface area contributed by atoms with Crippen LogP contribution in [0.25, 0.3) is 0 Å². The van der Waals surface area contributed by atoms with Crippen LogP contribution in [0.2, 0.25) is 0 Å². The molecule has 1 amide bonds. The SMILES string of the molecule is CCC1CCCN(C(=O)CC(C)C2CCCNC2)C1. The maximum atomic E-state index is 12.4. The highest BCUT2D eigenvalue weighted by Crippen LogP contribution is 2.25. The van der Waals surface area contributed by atoms with Crippen LogP contribution in [0.1, 0.15) is 52.4 Å². The van der Waals surface area contributed by atoms with Crippen molar-refractivity contribution in [3.05, 3.63) is 0 Å². The summed E-state index contributed by atoms with van der Waals surface area (Å²) in [4.78, 5) is 14.5. The van der Waals surface area contributed by atoms with Crippen LogP contribution in [0.3, 0.4) is 0 Å². The van der Waals surface area contributed by atoms with Crippen LogP contribution in [0.4, 0.5) is 0 Å². The lowest BCUT2D eigenvalue weighted by Crippen LogP contribution is -2.41. The number of carbonyl (C=O) groups is 1. The molecule has 0 aliphatic carbocycles. The molecule has 19 heavy (non-hydrogen) atoms. The second-order valence-corrected chi connectivity index (χ2v) is 6.54. The van der Waals surface area contributed by atoms with Gasteiger partial charge < -0.3 is 10.2 Å². The summed E-state index contributed by atoms with van der Waals surface area (Å²) in [6.45, 7) is 8.76. The van der Waals surface area contributed by atoms with E-state index in [0.717, 1.165) is 38.5 Å². The van der Waals surface area contributed by atoms with E-state index in [4.69, 9.17) is 0 Å². The molecule has 3 unspecified atom stereocenters. The predicted octanol–water partition coefficient (Wildman–Crippen LogP) is 2.66. The molecule has 0 saturated carbocycles. The Kier molecular flexibility index (Phi) is 5.68. The highest BCUT2D eigenvalue weighted by Gasteiger charge is 2.26. The minimum Gasteiger partial charge on any atom is -0.342 e. The standard InChI is InChI=1S/C16H30N2O/c1-3-14-6-5-9-18(12-14)16(19)10-13(2)15-7-4-8-17-11-15/h13-15,17H,3-12H2,1-2H3. The van der Waals surface area contributed by atoms with Crippen LogP contribution >= 0.6 is 0 Å². The number of hydrogen-bond donors (Lipinski definition) is 1. The van der Waals surface area contributed by atoms with Gasteiger partial charge in [-0.1, -0.05) is 20.3 Å². The molecule has 2 aliphatic rings. The van der Waals surface area contributed by atoms with Crippen molar-refractivity contribution >= 4 is 5.91 Å². The molecule has 3 atom stereocenters. The highest BCUT2D eigenvalue weighted by molar-refractivity contribution is 5.76. The first-order valence-electron chi connectivity index (χ1n) is 8.19. The maximum Gasteiger partial charge on any atom is 0.222 e. The Morgan fingerprint density at radius 1 is 1.37 bits per heavy atom. The number of nitrogens with one attached hydrogen (secondary N) is 1. The van der Waals surface area contributed by atoms with Crippen LogP contribution in [-0.2, 0) is 4.79 Å². The van der Waals surface area contributed by atoms with Gasteiger partial charge in [0.15, 0.2) is 0 Å². The van der Waals surface area contributed by atoms with E-state index in [0.29, 0.717) is 17.7 Å². The van der Waals surface area contributed by atoms with Crippen molar-refractivity contribution in [1.82, 2.24) is 10.2 Å². The van der Waals surface area contributed by atoms with E-state index in [1.165, 1.54) is 32.1 Å². The van der Waals surface area contributed by atoms with Gasteiger partial charge in [0.2, 0.25) is 5.91 Å². The summed E-state index contributed by atoms with van der Waals surface area (Å²) in [6, 6.07) is 0. The van der Waals surface area contributed by atoms with Crippen LogP contribution in [0.5, 0.6) is 0 Å². The molecule has 0 aromatic rings. The zero-order valence-corrected chi connectivity index (χ0v) is 12.7. The van der Waals surface area contributed by atoms with E-state index in [1.54, 1.807) is 0 Å². The van der Waals surface area contributed by atoms with Gasteiger partial charge >= 0.3 is 0 Å². The molecular weight excluding hydrogens is 236 g/mol. The first-order chi connectivity index (χ1) is 9.20. The van der Waals surface area contributed by atoms with Gasteiger partial charge in [0.1, 0.15) is 0 Å². The van der Waals surface area contributed by atoms with Crippen LogP contribution in [0, 0.1) is 17.8 Å². The Bertz CT molecular complexity index is 286. The molecule has 0 radical (unpaired) electrons. The number of nitrogens with zero attached hydrogens (tertiary/aromatic N) is 1. The molecule has 0 aromatic heterocycles. The van der Waals surface area contributed by atoms with E-state index in [2.05, 4.69) is 24.1 Å². The Hall–Kier alpha value is -0.570. The zero-order valence-electron chi connectivity index (χ0n) is 12.7. The summed E-state index contributed by atoms with van der Waals surface area (Å²) in [6.07, 6.45) is 7.03. The van der Waals surface area contributed by atoms with Crippen molar-refractivity contribution in [3.8, 4) is 0 Å². The zero-order chi connectivity index (χ0) is 13.7. The highest BCUT2D eigenvalue weighted by atomic mass is 16.2. The van der Waals surface area contributed by atoms with E-state index < -0.39 is 0 Å². The molecule has 1 N–H and O–H groups in total. The Balaban J connectivity index is 1.79. The topological polar surface area (TPSA) is 32.3 Å². The molecule has 2 heterocycles. The van der Waals surface area contributed by atoms with Crippen LogP contribution in [-0.4, -0.2) is 37.0 Å². The van der Waals surface area contributed by atoms with E-state index >= 15 is 0 Å². The molecule has 2 aliphatic heterocycles. The first-order valence-corrected chi connectivity index (χ1v) is 8.19. The second-order valence-electron chi connectivity index (χ2n) is 6.54. The van der Waals surface area contributed by atoms with Gasteiger partial charge in [0, 0.05) is 19.5 Å². The number of likely N-dealkylation sites (tertiary alicyclic amines) is 1. The minimum absolute atomic E-state index is 0.399. The summed E-state index contributed by atoms with van der Waals surface area (Å²) < 4.78 is 0. The van der Waals surface area contributed by atoms with Gasteiger partial charge in [-0.15, -0.1) is 0 Å². The summed E-state index contributed by atoms with van der Waals surface area (Å²) in [5, 5.41) is 3.46. The Labute approximate surface area is 118 Å². The lowest BCUT2D eigenvalue weighted by Gasteiger charge is -2.34. The normalized spacial score (nSPS) is 30.1. The van der Waals surface area contributed by atoms with Gasteiger partial charge in [-0.2, -0.15) is 0 Å². The fraction of sp³-hybridized carbons (Fsp3) is 0.938. The third kappa shape index (κ3) is 4.20. The quantitative estimate of drug-likeness (QED) is 0.848. The molecule has 0 spiro atoms. The monoisotopic (exact) mass is 266 g/mol. The maximum absolute atomic E-state index is 12.4. The molecule has 110 valence electrons. The number of piperidine rings is 2. The van der Waals surface area contributed by atoms with Gasteiger partial charge in [-0.25, -0.2) is 0 Å². The molecule has 0 aromatic carbocycles. The molecule has 0 bridgehead atoms. The van der Waals surface area contributed by atoms with Crippen LogP contribution in [0.15, 0.2) is 0 Å². The van der Waals surface area contributed by atoms with E-state index in [9.17, 15) is 4.79 Å². The fourth-order valence-electron chi connectivity index (χ4n) is 3.56. The lowest BCUT2D eigenvalue weighted by molar-refractivity contribution is -0.134. The molecule has 2 saturated heterocycles. The summed E-state index contributed by atoms with van der Waals surface area (Å²) in [5.41, 5.74) is 0. The third-order valence-corrected chi connectivity index (χ3v) is 5.09. The van der Waals surface area contributed by atoms with Crippen molar-refractivity contribution in [2.75, 3.05) is 26.2 Å². The lowest BCUT2D eigenvalue weighted by atomic mass is 9.85. The van der Waals surface area contributed by atoms with Gasteiger partial charge in [0.05, 0.1) is 0 Å². The van der Waals surface area contributed by atoms with Crippen molar-refractivity contribution in [2.45, 2.75) is 52.4 Å².